The minimum absolute atomic E-state index is 0.109. The molecule has 1 aromatic carbocycles. The summed E-state index contributed by atoms with van der Waals surface area (Å²) in [5.41, 5.74) is 1.89. The third kappa shape index (κ3) is 3.65. The van der Waals surface area contributed by atoms with Crippen molar-refractivity contribution in [3.63, 3.8) is 0 Å². The van der Waals surface area contributed by atoms with E-state index in [0.29, 0.717) is 23.4 Å². The molecule has 2 aromatic heterocycles. The number of rotatable bonds is 4. The Kier molecular flexibility index (Phi) is 4.79. The van der Waals surface area contributed by atoms with Gasteiger partial charge in [0.1, 0.15) is 5.75 Å². The van der Waals surface area contributed by atoms with Crippen LogP contribution >= 0.6 is 0 Å². The summed E-state index contributed by atoms with van der Waals surface area (Å²) in [6, 6.07) is 6.39. The Hall–Kier alpha value is -4.65. The molecule has 3 N–H and O–H groups in total. The van der Waals surface area contributed by atoms with Gasteiger partial charge < -0.3 is 15.0 Å². The molecule has 0 saturated carbocycles. The van der Waals surface area contributed by atoms with Crippen LogP contribution in [0.5, 0.6) is 5.75 Å². The summed E-state index contributed by atoms with van der Waals surface area (Å²) < 4.78 is 5.21. The zero-order valence-electron chi connectivity index (χ0n) is 17.5. The Morgan fingerprint density at radius 2 is 2.03 bits per heavy atom. The van der Waals surface area contributed by atoms with E-state index in [1.54, 1.807) is 43.0 Å². The first-order chi connectivity index (χ1) is 16.0. The highest BCUT2D eigenvalue weighted by atomic mass is 16.5. The number of aromatic amines is 1. The van der Waals surface area contributed by atoms with Gasteiger partial charge in [-0.1, -0.05) is 17.9 Å². The molecule has 4 amide bonds. The quantitative estimate of drug-likeness (QED) is 0.409. The molecule has 1 atom stereocenters. The first-order valence-corrected chi connectivity index (χ1v) is 10.0. The zero-order chi connectivity index (χ0) is 23.0. The van der Waals surface area contributed by atoms with Crippen molar-refractivity contribution in [2.24, 2.45) is 0 Å². The van der Waals surface area contributed by atoms with E-state index in [2.05, 4.69) is 37.7 Å². The van der Waals surface area contributed by atoms with Crippen molar-refractivity contribution in [1.82, 2.24) is 30.7 Å². The van der Waals surface area contributed by atoms with Gasteiger partial charge in [0.05, 0.1) is 19.9 Å². The second kappa shape index (κ2) is 7.80. The van der Waals surface area contributed by atoms with Crippen molar-refractivity contribution in [2.45, 2.75) is 12.1 Å². The molecule has 10 heteroatoms. The molecule has 5 rings (SSSR count). The van der Waals surface area contributed by atoms with Crippen molar-refractivity contribution >= 4 is 17.8 Å². The van der Waals surface area contributed by atoms with E-state index in [4.69, 9.17) is 4.74 Å². The third-order valence-corrected chi connectivity index (χ3v) is 5.56. The van der Waals surface area contributed by atoms with Crippen molar-refractivity contribution in [3.8, 4) is 28.7 Å². The van der Waals surface area contributed by atoms with E-state index in [1.807, 2.05) is 6.07 Å². The van der Waals surface area contributed by atoms with Gasteiger partial charge in [0.15, 0.2) is 0 Å². The van der Waals surface area contributed by atoms with Gasteiger partial charge in [-0.05, 0) is 23.8 Å². The minimum Gasteiger partial charge on any atom is -0.497 e. The van der Waals surface area contributed by atoms with Gasteiger partial charge in [0, 0.05) is 47.4 Å². The molecule has 0 unspecified atom stereocenters. The molecule has 4 heterocycles. The maximum atomic E-state index is 13.0. The van der Waals surface area contributed by atoms with Crippen LogP contribution in [0.3, 0.4) is 0 Å². The highest BCUT2D eigenvalue weighted by Crippen LogP contribution is 2.28. The molecule has 2 aliphatic rings. The summed E-state index contributed by atoms with van der Waals surface area (Å²) in [6.07, 6.45) is 6.62. The molecular formula is C23H18N6O4. The number of benzene rings is 1. The second-order valence-electron chi connectivity index (χ2n) is 7.70. The summed E-state index contributed by atoms with van der Waals surface area (Å²) in [6.45, 7) is 0.185. The molecule has 3 aromatic rings. The number of methoxy groups -OCH3 is 1. The number of urea groups is 1. The number of nitrogens with zero attached hydrogens (tertiary/aromatic N) is 3. The zero-order valence-corrected chi connectivity index (χ0v) is 17.5. The number of amides is 4. The van der Waals surface area contributed by atoms with Crippen LogP contribution in [0.25, 0.3) is 11.1 Å². The number of hydrogen-bond donors (Lipinski definition) is 3. The van der Waals surface area contributed by atoms with Gasteiger partial charge in [-0.2, -0.15) is 5.10 Å². The Balaban J connectivity index is 1.45. The number of H-pyrrole nitrogens is 1. The van der Waals surface area contributed by atoms with E-state index in [0.717, 1.165) is 16.7 Å². The Morgan fingerprint density at radius 3 is 2.76 bits per heavy atom. The minimum atomic E-state index is -1.59. The second-order valence-corrected chi connectivity index (χ2v) is 7.70. The summed E-state index contributed by atoms with van der Waals surface area (Å²) in [5.74, 6) is 5.51. The molecule has 1 fully saturated rings. The first-order valence-electron chi connectivity index (χ1n) is 10.0. The maximum Gasteiger partial charge on any atom is 0.323 e. The van der Waals surface area contributed by atoms with E-state index in [1.165, 1.54) is 12.0 Å². The van der Waals surface area contributed by atoms with E-state index < -0.39 is 17.5 Å². The van der Waals surface area contributed by atoms with E-state index in [-0.39, 0.29) is 12.5 Å². The normalized spacial score (nSPS) is 18.9. The molecule has 0 aliphatic carbocycles. The summed E-state index contributed by atoms with van der Waals surface area (Å²) in [7, 11) is 1.53. The standard InChI is InChI=1S/C23H18N6O4/c1-33-18-3-2-15-12-29(20(30)19(15)7-18)13-23(21(31)27-22(32)28-23)5-4-14-6-16(9-24-8-14)17-10-25-26-11-17/h2-3,6-11H,12-13H2,1H3,(H,25,26)(H2,27,28,31,32)/t23-/m1/s1. The lowest BCUT2D eigenvalue weighted by Crippen LogP contribution is -2.54. The Morgan fingerprint density at radius 1 is 1.15 bits per heavy atom. The van der Waals surface area contributed by atoms with Crippen LogP contribution in [0, 0.1) is 11.8 Å². The summed E-state index contributed by atoms with van der Waals surface area (Å²) >= 11 is 0. The number of pyridine rings is 1. The van der Waals surface area contributed by atoms with Gasteiger partial charge in [-0.25, -0.2) is 4.79 Å². The number of carbonyl (C=O) groups excluding carboxylic acids is 3. The number of imide groups is 1. The number of aromatic nitrogens is 3. The molecule has 2 aliphatic heterocycles. The molecule has 10 nitrogen and oxygen atoms in total. The number of carbonyl (C=O) groups is 3. The van der Waals surface area contributed by atoms with Gasteiger partial charge in [-0.15, -0.1) is 0 Å². The number of nitrogens with one attached hydrogen (secondary N) is 3. The number of ether oxygens (including phenoxy) is 1. The van der Waals surface area contributed by atoms with Crippen molar-refractivity contribution in [2.75, 3.05) is 13.7 Å². The first kappa shape index (κ1) is 20.3. The predicted molar refractivity (Wildman–Crippen MR) is 116 cm³/mol. The van der Waals surface area contributed by atoms with Crippen LogP contribution < -0.4 is 15.4 Å². The molecular weight excluding hydrogens is 424 g/mol. The van der Waals surface area contributed by atoms with Crippen molar-refractivity contribution < 1.29 is 19.1 Å². The summed E-state index contributed by atoms with van der Waals surface area (Å²) in [5, 5.41) is 11.5. The van der Waals surface area contributed by atoms with Gasteiger partial charge in [-0.3, -0.25) is 25.0 Å². The number of fused-ring (bicyclic) bond motifs is 1. The highest BCUT2D eigenvalue weighted by molar-refractivity contribution is 6.10. The lowest BCUT2D eigenvalue weighted by molar-refractivity contribution is -0.122. The summed E-state index contributed by atoms with van der Waals surface area (Å²) in [4.78, 5) is 43.4. The topological polar surface area (TPSA) is 129 Å². The van der Waals surface area contributed by atoms with E-state index in [9.17, 15) is 14.4 Å². The Labute approximate surface area is 188 Å². The molecule has 0 bridgehead atoms. The lowest BCUT2D eigenvalue weighted by atomic mass is 9.99. The smallest absolute Gasteiger partial charge is 0.323 e. The van der Waals surface area contributed by atoms with Gasteiger partial charge >= 0.3 is 6.03 Å². The fraction of sp³-hybridized carbons (Fsp3) is 0.174. The average molecular weight is 442 g/mol. The van der Waals surface area contributed by atoms with E-state index >= 15 is 0 Å². The molecule has 0 spiro atoms. The monoisotopic (exact) mass is 442 g/mol. The van der Waals surface area contributed by atoms with Crippen LogP contribution in [0.15, 0.2) is 49.1 Å². The molecule has 1 saturated heterocycles. The lowest BCUT2D eigenvalue weighted by Gasteiger charge is -2.26. The van der Waals surface area contributed by atoms with Gasteiger partial charge in [0.2, 0.25) is 5.54 Å². The SMILES string of the molecule is COc1ccc2c(c1)C(=O)N(C[C@@]1(C#Cc3cncc(-c4cn[nH]c4)c3)NC(=O)NC1=O)C2. The van der Waals surface area contributed by atoms with Crippen LogP contribution in [0.1, 0.15) is 21.5 Å². The maximum absolute atomic E-state index is 13.0. The highest BCUT2D eigenvalue weighted by Gasteiger charge is 2.48. The Bertz CT molecular complexity index is 1340. The fourth-order valence-corrected chi connectivity index (χ4v) is 3.87. The fourth-order valence-electron chi connectivity index (χ4n) is 3.87. The van der Waals surface area contributed by atoms with Crippen LogP contribution in [0.4, 0.5) is 4.79 Å². The van der Waals surface area contributed by atoms with Gasteiger partial charge in [0.25, 0.3) is 11.8 Å². The largest absolute Gasteiger partial charge is 0.497 e. The third-order valence-electron chi connectivity index (χ3n) is 5.56. The van der Waals surface area contributed by atoms with Crippen LogP contribution in [-0.2, 0) is 11.3 Å². The predicted octanol–water partition coefficient (Wildman–Crippen LogP) is 1.07. The van der Waals surface area contributed by atoms with Crippen molar-refractivity contribution in [3.05, 3.63) is 65.7 Å². The van der Waals surface area contributed by atoms with Crippen LogP contribution in [-0.4, -0.2) is 57.1 Å². The molecule has 164 valence electrons. The number of hydrogen-bond acceptors (Lipinski definition) is 6. The van der Waals surface area contributed by atoms with Crippen molar-refractivity contribution in [1.29, 1.82) is 0 Å². The molecule has 0 radical (unpaired) electrons. The molecule has 33 heavy (non-hydrogen) atoms. The average Bonchev–Trinajstić information content (AvgIpc) is 3.52. The van der Waals surface area contributed by atoms with Crippen LogP contribution in [0.2, 0.25) is 0 Å².